The maximum absolute atomic E-state index is 10.8. The van der Waals surface area contributed by atoms with Crippen LogP contribution in [0.15, 0.2) is 0 Å². The summed E-state index contributed by atoms with van der Waals surface area (Å²) >= 11 is 0. The molecular formula is C24H42O21. The van der Waals surface area contributed by atoms with Gasteiger partial charge in [-0.1, -0.05) is 0 Å². The lowest BCUT2D eigenvalue weighted by atomic mass is 9.96. The molecule has 0 saturated carbocycles. The highest BCUT2D eigenvalue weighted by atomic mass is 16.8. The predicted octanol–water partition coefficient (Wildman–Crippen LogP) is -9.75. The fraction of sp³-hybridized carbons (Fsp3) is 1.00. The summed E-state index contributed by atoms with van der Waals surface area (Å²) < 4.78 is 37.8. The Morgan fingerprint density at radius 2 is 0.578 bits per heavy atom. The molecule has 4 saturated heterocycles. The lowest BCUT2D eigenvalue weighted by Crippen LogP contribution is -2.67. The van der Waals surface area contributed by atoms with E-state index in [1.165, 1.54) is 0 Å². The highest BCUT2D eigenvalue weighted by Gasteiger charge is 2.54. The van der Waals surface area contributed by atoms with Crippen molar-refractivity contribution in [3.63, 3.8) is 0 Å². The molecule has 0 radical (unpaired) electrons. The zero-order valence-corrected chi connectivity index (χ0v) is 23.5. The Morgan fingerprint density at radius 3 is 0.889 bits per heavy atom. The maximum Gasteiger partial charge on any atom is 0.189 e. The van der Waals surface area contributed by atoms with Crippen LogP contribution in [0.5, 0.6) is 0 Å². The summed E-state index contributed by atoms with van der Waals surface area (Å²) in [7, 11) is 0. The lowest BCUT2D eigenvalue weighted by molar-refractivity contribution is -0.397. The summed E-state index contributed by atoms with van der Waals surface area (Å²) in [5.74, 6) is 0. The van der Waals surface area contributed by atoms with Crippen LogP contribution in [0.4, 0.5) is 0 Å². The van der Waals surface area contributed by atoms with Gasteiger partial charge in [0, 0.05) is 0 Å². The molecule has 264 valence electrons. The minimum atomic E-state index is -2.02. The summed E-state index contributed by atoms with van der Waals surface area (Å²) in [6, 6.07) is 0. The van der Waals surface area contributed by atoms with E-state index in [2.05, 4.69) is 0 Å². The van der Waals surface area contributed by atoms with Gasteiger partial charge in [0.2, 0.25) is 0 Å². The molecule has 0 bridgehead atoms. The number of hydrogen-bond acceptors (Lipinski definition) is 21. The monoisotopic (exact) mass is 666 g/mol. The van der Waals surface area contributed by atoms with Crippen LogP contribution in [0, 0.1) is 0 Å². The number of hydrogen-bond donors (Lipinski definition) is 14. The molecule has 4 aliphatic rings. The van der Waals surface area contributed by atoms with Crippen molar-refractivity contribution in [2.45, 2.75) is 123 Å². The number of rotatable bonds is 10. The normalized spacial score (nSPS) is 52.9. The number of aliphatic hydroxyl groups is 14. The molecule has 21 nitrogen and oxygen atoms in total. The van der Waals surface area contributed by atoms with Gasteiger partial charge in [0.1, 0.15) is 97.7 Å². The standard InChI is InChI=1S/C24H42O21/c25-1-5-9(29)11(31)15(35)21(39-5)43-19-7(3-27)41-22(17(37)13(19)33)44-20-8(4-28)42-24(18(38)14(20)34)45-23-16(36)12(32)10(30)6(2-26)40-23/h5-38H,1-4H2/t5-,6-,7-,8-,9-,10-,11+,12+,13-,14-,15-,16-,17-,18-,19-,20-,21-,22-,23-,24-/m1/s1. The van der Waals surface area contributed by atoms with Gasteiger partial charge in [0.25, 0.3) is 0 Å². The minimum Gasteiger partial charge on any atom is -0.394 e. The molecule has 4 aliphatic heterocycles. The van der Waals surface area contributed by atoms with Crippen molar-refractivity contribution < 1.29 is 105 Å². The lowest BCUT2D eigenvalue weighted by Gasteiger charge is -2.48. The van der Waals surface area contributed by atoms with Crippen LogP contribution in [0.1, 0.15) is 0 Å². The highest BCUT2D eigenvalue weighted by molar-refractivity contribution is 4.97. The number of aliphatic hydroxyl groups excluding tert-OH is 14. The van der Waals surface area contributed by atoms with Crippen LogP contribution >= 0.6 is 0 Å². The van der Waals surface area contributed by atoms with Gasteiger partial charge in [-0.15, -0.1) is 0 Å². The summed E-state index contributed by atoms with van der Waals surface area (Å²) in [6.07, 6.45) is -35.3. The first-order valence-corrected chi connectivity index (χ1v) is 14.1. The Balaban J connectivity index is 1.42. The van der Waals surface area contributed by atoms with Gasteiger partial charge in [-0.25, -0.2) is 0 Å². The van der Waals surface area contributed by atoms with E-state index in [1.807, 2.05) is 0 Å². The molecule has 0 aromatic carbocycles. The third-order valence-corrected chi connectivity index (χ3v) is 8.19. The van der Waals surface area contributed by atoms with Crippen LogP contribution in [0.25, 0.3) is 0 Å². The summed E-state index contributed by atoms with van der Waals surface area (Å²) in [5, 5.41) is 142. The van der Waals surface area contributed by atoms with Gasteiger partial charge in [-0.2, -0.15) is 0 Å². The predicted molar refractivity (Wildman–Crippen MR) is 134 cm³/mol. The molecule has 0 aliphatic carbocycles. The van der Waals surface area contributed by atoms with Gasteiger partial charge >= 0.3 is 0 Å². The first-order valence-electron chi connectivity index (χ1n) is 14.1. The Kier molecular flexibility index (Phi) is 12.8. The zero-order valence-electron chi connectivity index (χ0n) is 23.5. The molecule has 4 fully saturated rings. The molecule has 0 spiro atoms. The van der Waals surface area contributed by atoms with Crippen LogP contribution < -0.4 is 0 Å². The average Bonchev–Trinajstić information content (AvgIpc) is 3.03. The van der Waals surface area contributed by atoms with Crippen LogP contribution in [-0.4, -0.2) is 221 Å². The van der Waals surface area contributed by atoms with Gasteiger partial charge < -0.3 is 105 Å². The van der Waals surface area contributed by atoms with E-state index in [9.17, 15) is 71.5 Å². The fourth-order valence-corrected chi connectivity index (χ4v) is 5.47. The molecule has 14 N–H and O–H groups in total. The molecule has 0 aromatic rings. The molecule has 21 heteroatoms. The smallest absolute Gasteiger partial charge is 0.189 e. The van der Waals surface area contributed by atoms with E-state index < -0.39 is 149 Å². The second-order valence-corrected chi connectivity index (χ2v) is 11.1. The van der Waals surface area contributed by atoms with Crippen LogP contribution in [0.3, 0.4) is 0 Å². The minimum absolute atomic E-state index is 0.782. The van der Waals surface area contributed by atoms with Crippen molar-refractivity contribution in [2.24, 2.45) is 0 Å². The van der Waals surface area contributed by atoms with Crippen molar-refractivity contribution in [1.29, 1.82) is 0 Å². The Bertz CT molecular complexity index is 910. The third kappa shape index (κ3) is 7.44. The molecule has 4 heterocycles. The van der Waals surface area contributed by atoms with E-state index in [-0.39, 0.29) is 0 Å². The Morgan fingerprint density at radius 1 is 0.311 bits per heavy atom. The van der Waals surface area contributed by atoms with Crippen molar-refractivity contribution in [3.05, 3.63) is 0 Å². The van der Waals surface area contributed by atoms with Gasteiger partial charge in [-0.3, -0.25) is 0 Å². The summed E-state index contributed by atoms with van der Waals surface area (Å²) in [5.41, 5.74) is 0. The topological polar surface area (TPSA) is 348 Å². The molecule has 20 atom stereocenters. The van der Waals surface area contributed by atoms with Crippen molar-refractivity contribution in [2.75, 3.05) is 26.4 Å². The van der Waals surface area contributed by atoms with Crippen LogP contribution in [-0.2, 0) is 33.2 Å². The first kappa shape index (κ1) is 37.0. The van der Waals surface area contributed by atoms with Crippen molar-refractivity contribution >= 4 is 0 Å². The SMILES string of the molecule is OC[C@H]1O[C@H](O[C@H]2O[C@H](CO)[C@@H](O[C@H]3O[C@H](CO)[C@@H](O[C@H]4O[C@H](CO)[C@@H](O)[C@H](O)[C@H]4O)[C@H](O)[C@H]3O)[C@H](O)[C@H]2O)[C@H](O)[C@@H](O)[C@@H]1O. The molecule has 0 unspecified atom stereocenters. The zero-order chi connectivity index (χ0) is 33.3. The van der Waals surface area contributed by atoms with Gasteiger partial charge in [0.15, 0.2) is 25.2 Å². The molecule has 0 amide bonds. The van der Waals surface area contributed by atoms with Crippen molar-refractivity contribution in [1.82, 2.24) is 0 Å². The van der Waals surface area contributed by atoms with E-state index in [0.29, 0.717) is 0 Å². The molecular weight excluding hydrogens is 624 g/mol. The van der Waals surface area contributed by atoms with E-state index >= 15 is 0 Å². The maximum atomic E-state index is 10.8. The van der Waals surface area contributed by atoms with E-state index in [4.69, 9.17) is 33.2 Å². The van der Waals surface area contributed by atoms with E-state index in [1.54, 1.807) is 0 Å². The molecule has 4 rings (SSSR count). The quantitative estimate of drug-likeness (QED) is 0.103. The second-order valence-electron chi connectivity index (χ2n) is 11.1. The second kappa shape index (κ2) is 15.6. The largest absolute Gasteiger partial charge is 0.394 e. The van der Waals surface area contributed by atoms with E-state index in [0.717, 1.165) is 0 Å². The van der Waals surface area contributed by atoms with Crippen LogP contribution in [0.2, 0.25) is 0 Å². The molecule has 0 aromatic heterocycles. The van der Waals surface area contributed by atoms with Gasteiger partial charge in [0.05, 0.1) is 26.4 Å². The highest BCUT2D eigenvalue weighted by Crippen LogP contribution is 2.33. The molecule has 45 heavy (non-hydrogen) atoms. The third-order valence-electron chi connectivity index (χ3n) is 8.19. The summed E-state index contributed by atoms with van der Waals surface area (Å²) in [4.78, 5) is 0. The van der Waals surface area contributed by atoms with Gasteiger partial charge in [-0.05, 0) is 0 Å². The average molecular weight is 667 g/mol. The fourth-order valence-electron chi connectivity index (χ4n) is 5.47. The summed E-state index contributed by atoms with van der Waals surface area (Å²) in [6.45, 7) is -3.36. The first-order chi connectivity index (χ1) is 21.3. The Hall–Kier alpha value is -0.840. The number of ether oxygens (including phenoxy) is 7. The van der Waals surface area contributed by atoms with Crippen molar-refractivity contribution in [3.8, 4) is 0 Å². The Labute approximate surface area is 254 Å².